The summed E-state index contributed by atoms with van der Waals surface area (Å²) in [5.74, 6) is 2.19. The van der Waals surface area contributed by atoms with Crippen LogP contribution in [0.3, 0.4) is 0 Å². The summed E-state index contributed by atoms with van der Waals surface area (Å²) < 4.78 is 22.6. The molecule has 1 fully saturated rings. The minimum Gasteiger partial charge on any atom is -0.380 e. The molecule has 1 saturated heterocycles. The fraction of sp³-hybridized carbons (Fsp3) is 0.455. The predicted molar refractivity (Wildman–Crippen MR) is 76.8 cm³/mol. The average molecular weight is 307 g/mol. The molecule has 3 N–H and O–H groups in total. The van der Waals surface area contributed by atoms with Gasteiger partial charge in [0.05, 0.1) is 15.6 Å². The molecule has 0 amide bonds. The quantitative estimate of drug-likeness (QED) is 0.899. The number of hydrogen-bond donors (Lipinski definition) is 2. The van der Waals surface area contributed by atoms with Crippen molar-refractivity contribution in [3.8, 4) is 0 Å². The summed E-state index contributed by atoms with van der Waals surface area (Å²) in [7, 11) is -3.69. The summed E-state index contributed by atoms with van der Waals surface area (Å²) in [5, 5.41) is 8.91. The van der Waals surface area contributed by atoms with E-state index in [1.807, 2.05) is 11.8 Å². The molecule has 18 heavy (non-hydrogen) atoms. The van der Waals surface area contributed by atoms with Crippen LogP contribution in [0.2, 0.25) is 5.02 Å². The Morgan fingerprint density at radius 2 is 2.22 bits per heavy atom. The first-order valence-corrected chi connectivity index (χ1v) is 8.71. The van der Waals surface area contributed by atoms with E-state index in [1.165, 1.54) is 17.9 Å². The van der Waals surface area contributed by atoms with Gasteiger partial charge in [-0.25, -0.2) is 13.6 Å². The summed E-state index contributed by atoms with van der Waals surface area (Å²) in [5.41, 5.74) is 0.635. The molecular weight excluding hydrogens is 292 g/mol. The Kier molecular flexibility index (Phi) is 4.42. The molecule has 100 valence electrons. The molecule has 0 aromatic heterocycles. The van der Waals surface area contributed by atoms with Crippen molar-refractivity contribution in [2.75, 3.05) is 16.8 Å². The maximum Gasteiger partial charge on any atom is 0.238 e. The summed E-state index contributed by atoms with van der Waals surface area (Å²) in [6, 6.07) is 4.80. The molecule has 0 spiro atoms. The fourth-order valence-electron chi connectivity index (χ4n) is 1.87. The van der Waals surface area contributed by atoms with E-state index >= 15 is 0 Å². The number of thioether (sulfide) groups is 1. The molecule has 2 rings (SSSR count). The monoisotopic (exact) mass is 306 g/mol. The highest BCUT2D eigenvalue weighted by atomic mass is 35.5. The van der Waals surface area contributed by atoms with Crippen LogP contribution in [-0.2, 0) is 10.0 Å². The number of rotatable bonds is 3. The molecular formula is C11H15ClN2O2S2. The van der Waals surface area contributed by atoms with Gasteiger partial charge < -0.3 is 5.32 Å². The molecule has 1 atom stereocenters. The molecule has 1 heterocycles. The third kappa shape index (κ3) is 3.54. The number of nitrogens with one attached hydrogen (secondary N) is 1. The Labute approximate surface area is 116 Å². The second-order valence-electron chi connectivity index (χ2n) is 4.25. The van der Waals surface area contributed by atoms with Gasteiger partial charge >= 0.3 is 0 Å². The zero-order valence-electron chi connectivity index (χ0n) is 9.73. The second kappa shape index (κ2) is 5.69. The van der Waals surface area contributed by atoms with Gasteiger partial charge in [-0.3, -0.25) is 0 Å². The summed E-state index contributed by atoms with van der Waals surface area (Å²) in [6.07, 6.45) is 2.23. The van der Waals surface area contributed by atoms with Crippen LogP contribution >= 0.6 is 23.4 Å². The maximum atomic E-state index is 11.3. The Bertz CT molecular complexity index is 528. The molecule has 1 unspecified atom stereocenters. The van der Waals surface area contributed by atoms with E-state index < -0.39 is 10.0 Å². The van der Waals surface area contributed by atoms with Gasteiger partial charge in [-0.15, -0.1) is 0 Å². The van der Waals surface area contributed by atoms with Crippen molar-refractivity contribution in [1.29, 1.82) is 0 Å². The van der Waals surface area contributed by atoms with Crippen LogP contribution in [-0.4, -0.2) is 26.0 Å². The summed E-state index contributed by atoms with van der Waals surface area (Å²) in [4.78, 5) is 0.0814. The molecule has 1 aliphatic heterocycles. The highest BCUT2D eigenvalue weighted by Crippen LogP contribution is 2.28. The van der Waals surface area contributed by atoms with Gasteiger partial charge in [0.1, 0.15) is 0 Å². The van der Waals surface area contributed by atoms with Crippen LogP contribution in [0, 0.1) is 0 Å². The van der Waals surface area contributed by atoms with E-state index in [0.29, 0.717) is 16.8 Å². The fourth-order valence-corrected chi connectivity index (χ4v) is 3.65. The van der Waals surface area contributed by atoms with Crippen LogP contribution in [0.15, 0.2) is 23.1 Å². The SMILES string of the molecule is NS(=O)(=O)c1ccc(Cl)c(NC2CCCSC2)c1. The van der Waals surface area contributed by atoms with E-state index in [4.69, 9.17) is 16.7 Å². The Balaban J connectivity index is 2.21. The number of anilines is 1. The van der Waals surface area contributed by atoms with Crippen molar-refractivity contribution in [2.45, 2.75) is 23.8 Å². The van der Waals surface area contributed by atoms with Crippen LogP contribution < -0.4 is 10.5 Å². The highest BCUT2D eigenvalue weighted by molar-refractivity contribution is 7.99. The van der Waals surface area contributed by atoms with Crippen molar-refractivity contribution >= 4 is 39.1 Å². The van der Waals surface area contributed by atoms with Crippen molar-refractivity contribution < 1.29 is 8.42 Å². The smallest absolute Gasteiger partial charge is 0.238 e. The standard InChI is InChI=1S/C11H15ClN2O2S2/c12-10-4-3-9(18(13,15)16)6-11(10)14-8-2-1-5-17-7-8/h3-4,6,8,14H,1-2,5,7H2,(H2,13,15,16). The Hall–Kier alpha value is -0.430. The lowest BCUT2D eigenvalue weighted by atomic mass is 10.1. The largest absolute Gasteiger partial charge is 0.380 e. The molecule has 1 aromatic carbocycles. The summed E-state index contributed by atoms with van der Waals surface area (Å²) in [6.45, 7) is 0. The van der Waals surface area contributed by atoms with E-state index in [0.717, 1.165) is 18.6 Å². The highest BCUT2D eigenvalue weighted by Gasteiger charge is 2.16. The van der Waals surface area contributed by atoms with E-state index in [1.54, 1.807) is 6.07 Å². The lowest BCUT2D eigenvalue weighted by Crippen LogP contribution is -2.26. The van der Waals surface area contributed by atoms with E-state index in [-0.39, 0.29) is 4.90 Å². The molecule has 0 saturated carbocycles. The minimum absolute atomic E-state index is 0.0814. The van der Waals surface area contributed by atoms with E-state index in [2.05, 4.69) is 5.32 Å². The lowest BCUT2D eigenvalue weighted by Gasteiger charge is -2.24. The van der Waals surface area contributed by atoms with Crippen molar-refractivity contribution in [1.82, 2.24) is 0 Å². The molecule has 1 aromatic rings. The topological polar surface area (TPSA) is 72.2 Å². The zero-order valence-corrected chi connectivity index (χ0v) is 12.1. The normalized spacial score (nSPS) is 20.7. The first kappa shape index (κ1) is 14.0. The van der Waals surface area contributed by atoms with E-state index in [9.17, 15) is 8.42 Å². The lowest BCUT2D eigenvalue weighted by molar-refractivity contribution is 0.597. The summed E-state index contributed by atoms with van der Waals surface area (Å²) >= 11 is 7.95. The van der Waals surface area contributed by atoms with Crippen LogP contribution in [0.5, 0.6) is 0 Å². The molecule has 7 heteroatoms. The zero-order chi connectivity index (χ0) is 13.2. The van der Waals surface area contributed by atoms with Gasteiger partial charge in [-0.05, 0) is 36.8 Å². The molecule has 0 aliphatic carbocycles. The number of hydrogen-bond acceptors (Lipinski definition) is 4. The van der Waals surface area contributed by atoms with Gasteiger partial charge in [0.15, 0.2) is 0 Å². The molecule has 1 aliphatic rings. The number of nitrogens with two attached hydrogens (primary N) is 1. The van der Waals surface area contributed by atoms with Crippen molar-refractivity contribution in [2.24, 2.45) is 5.14 Å². The van der Waals surface area contributed by atoms with Crippen molar-refractivity contribution in [3.63, 3.8) is 0 Å². The first-order valence-electron chi connectivity index (χ1n) is 5.63. The number of primary sulfonamides is 1. The van der Waals surface area contributed by atoms with Gasteiger partial charge in [0.25, 0.3) is 0 Å². The average Bonchev–Trinajstić information content (AvgIpc) is 2.32. The maximum absolute atomic E-state index is 11.3. The minimum atomic E-state index is -3.69. The second-order valence-corrected chi connectivity index (χ2v) is 7.36. The van der Waals surface area contributed by atoms with Crippen LogP contribution in [0.25, 0.3) is 0 Å². The Morgan fingerprint density at radius 1 is 1.44 bits per heavy atom. The van der Waals surface area contributed by atoms with Crippen LogP contribution in [0.1, 0.15) is 12.8 Å². The van der Waals surface area contributed by atoms with Gasteiger partial charge in [0.2, 0.25) is 10.0 Å². The first-order chi connectivity index (χ1) is 8.47. The third-order valence-electron chi connectivity index (χ3n) is 2.79. The third-order valence-corrected chi connectivity index (χ3v) is 5.24. The van der Waals surface area contributed by atoms with Gasteiger partial charge in [-0.2, -0.15) is 11.8 Å². The number of sulfonamides is 1. The number of halogens is 1. The molecule has 0 radical (unpaired) electrons. The molecule has 4 nitrogen and oxygen atoms in total. The van der Waals surface area contributed by atoms with Gasteiger partial charge in [0, 0.05) is 11.8 Å². The van der Waals surface area contributed by atoms with Gasteiger partial charge in [-0.1, -0.05) is 11.6 Å². The van der Waals surface area contributed by atoms with Crippen LogP contribution in [0.4, 0.5) is 5.69 Å². The predicted octanol–water partition coefficient (Wildman–Crippen LogP) is 2.29. The number of benzene rings is 1. The Morgan fingerprint density at radius 3 is 2.83 bits per heavy atom. The molecule has 0 bridgehead atoms. The van der Waals surface area contributed by atoms with Crippen molar-refractivity contribution in [3.05, 3.63) is 23.2 Å².